The fraction of sp³-hybridized carbons (Fsp3) is 0.579. The van der Waals surface area contributed by atoms with Gasteiger partial charge in [0.05, 0.1) is 10.9 Å². The molecular formula is C19H26N2O2S. The lowest BCUT2D eigenvalue weighted by Crippen LogP contribution is -2.46. The first-order valence-corrected chi connectivity index (χ1v) is 9.84. The number of amides is 2. The lowest BCUT2D eigenvalue weighted by molar-refractivity contribution is -0.136. The number of thioether (sulfide) groups is 1. The van der Waals surface area contributed by atoms with Gasteiger partial charge in [0.25, 0.3) is 0 Å². The van der Waals surface area contributed by atoms with Gasteiger partial charge < -0.3 is 10.2 Å². The third kappa shape index (κ3) is 3.61. The van der Waals surface area contributed by atoms with Crippen LogP contribution in [0.15, 0.2) is 29.2 Å². The highest BCUT2D eigenvalue weighted by molar-refractivity contribution is 8.01. The number of fused-ring (bicyclic) bond motifs is 1. The van der Waals surface area contributed by atoms with Gasteiger partial charge >= 0.3 is 0 Å². The number of benzene rings is 1. The van der Waals surface area contributed by atoms with Crippen molar-refractivity contribution in [2.75, 3.05) is 11.9 Å². The van der Waals surface area contributed by atoms with E-state index in [1.165, 1.54) is 31.0 Å². The average Bonchev–Trinajstić information content (AvgIpc) is 2.58. The number of hydrogen-bond donors (Lipinski definition) is 1. The van der Waals surface area contributed by atoms with Crippen LogP contribution in [0.1, 0.15) is 46.0 Å². The maximum absolute atomic E-state index is 12.9. The number of rotatable bonds is 4. The third-order valence-electron chi connectivity index (χ3n) is 5.19. The van der Waals surface area contributed by atoms with Gasteiger partial charge in [-0.05, 0) is 37.8 Å². The van der Waals surface area contributed by atoms with Gasteiger partial charge in [0, 0.05) is 23.9 Å². The summed E-state index contributed by atoms with van der Waals surface area (Å²) < 4.78 is 0. The lowest BCUT2D eigenvalue weighted by Gasteiger charge is -2.38. The summed E-state index contributed by atoms with van der Waals surface area (Å²) in [5, 5.41) is 2.60. The van der Waals surface area contributed by atoms with E-state index in [9.17, 15) is 9.59 Å². The van der Waals surface area contributed by atoms with E-state index >= 15 is 0 Å². The van der Waals surface area contributed by atoms with Crippen molar-refractivity contribution >= 4 is 29.3 Å². The molecule has 0 radical (unpaired) electrons. The molecule has 1 aliphatic carbocycles. The van der Waals surface area contributed by atoms with E-state index in [1.54, 1.807) is 0 Å². The predicted molar refractivity (Wildman–Crippen MR) is 98.1 cm³/mol. The molecule has 24 heavy (non-hydrogen) atoms. The van der Waals surface area contributed by atoms with E-state index in [0.29, 0.717) is 12.0 Å². The van der Waals surface area contributed by atoms with Crippen molar-refractivity contribution in [3.63, 3.8) is 0 Å². The SMILES string of the molecule is CCN(C(=O)CC1Sc2ccccc2NC1=O)C1CCCCC1C. The summed E-state index contributed by atoms with van der Waals surface area (Å²) >= 11 is 1.51. The minimum absolute atomic E-state index is 0.0557. The Kier molecular flexibility index (Phi) is 5.49. The molecule has 1 aromatic rings. The zero-order valence-corrected chi connectivity index (χ0v) is 15.3. The van der Waals surface area contributed by atoms with Crippen molar-refractivity contribution < 1.29 is 9.59 Å². The third-order valence-corrected chi connectivity index (χ3v) is 6.47. The molecule has 0 aromatic heterocycles. The number of carbonyl (C=O) groups is 2. The zero-order valence-electron chi connectivity index (χ0n) is 14.5. The Hall–Kier alpha value is -1.49. The maximum Gasteiger partial charge on any atom is 0.238 e. The number of carbonyl (C=O) groups excluding carboxylic acids is 2. The summed E-state index contributed by atoms with van der Waals surface area (Å²) in [6, 6.07) is 8.11. The van der Waals surface area contributed by atoms with E-state index < -0.39 is 0 Å². The van der Waals surface area contributed by atoms with Crippen molar-refractivity contribution in [1.82, 2.24) is 4.90 Å². The van der Waals surface area contributed by atoms with Gasteiger partial charge in [0.1, 0.15) is 0 Å². The molecule has 1 aromatic carbocycles. The van der Waals surface area contributed by atoms with Gasteiger partial charge in [0.15, 0.2) is 0 Å². The molecule has 1 N–H and O–H groups in total. The Balaban J connectivity index is 1.68. The summed E-state index contributed by atoms with van der Waals surface area (Å²) in [4.78, 5) is 28.3. The normalized spacial score (nSPS) is 26.4. The quantitative estimate of drug-likeness (QED) is 0.899. The van der Waals surface area contributed by atoms with Crippen LogP contribution in [0.25, 0.3) is 0 Å². The first-order chi connectivity index (χ1) is 11.6. The van der Waals surface area contributed by atoms with Crippen LogP contribution < -0.4 is 5.32 Å². The summed E-state index contributed by atoms with van der Waals surface area (Å²) in [7, 11) is 0. The summed E-state index contributed by atoms with van der Waals surface area (Å²) in [6.45, 7) is 5.02. The molecule has 1 fully saturated rings. The molecule has 2 amide bonds. The zero-order chi connectivity index (χ0) is 17.1. The van der Waals surface area contributed by atoms with Gasteiger partial charge in [-0.1, -0.05) is 31.9 Å². The van der Waals surface area contributed by atoms with Crippen molar-refractivity contribution in [1.29, 1.82) is 0 Å². The second-order valence-electron chi connectivity index (χ2n) is 6.80. The highest BCUT2D eigenvalue weighted by Crippen LogP contribution is 2.37. The summed E-state index contributed by atoms with van der Waals surface area (Å²) in [5.41, 5.74) is 0.851. The molecule has 2 aliphatic rings. The molecule has 1 saturated carbocycles. The van der Waals surface area contributed by atoms with Crippen LogP contribution in [0.3, 0.4) is 0 Å². The predicted octanol–water partition coefficient (Wildman–Crippen LogP) is 3.92. The second kappa shape index (κ2) is 7.60. The van der Waals surface area contributed by atoms with Crippen LogP contribution in [0.2, 0.25) is 0 Å². The molecule has 5 heteroatoms. The summed E-state index contributed by atoms with van der Waals surface area (Å²) in [5.74, 6) is 0.610. The van der Waals surface area contributed by atoms with Gasteiger partial charge in [-0.15, -0.1) is 11.8 Å². The van der Waals surface area contributed by atoms with Crippen LogP contribution in [0.4, 0.5) is 5.69 Å². The molecule has 4 nitrogen and oxygen atoms in total. The second-order valence-corrected chi connectivity index (χ2v) is 8.05. The average molecular weight is 346 g/mol. The van der Waals surface area contributed by atoms with Crippen LogP contribution in [-0.2, 0) is 9.59 Å². The molecule has 130 valence electrons. The fourth-order valence-corrected chi connectivity index (χ4v) is 4.96. The standard InChI is InChI=1S/C19H26N2O2S/c1-3-21(15-10-6-4-8-13(15)2)18(22)12-17-19(23)20-14-9-5-7-11-16(14)24-17/h5,7,9,11,13,15,17H,3-4,6,8,10,12H2,1-2H3,(H,20,23). The van der Waals surface area contributed by atoms with Gasteiger partial charge in [-0.3, -0.25) is 9.59 Å². The number of anilines is 1. The van der Waals surface area contributed by atoms with Gasteiger partial charge in [0.2, 0.25) is 11.8 Å². The van der Waals surface area contributed by atoms with Crippen molar-refractivity contribution in [3.05, 3.63) is 24.3 Å². The van der Waals surface area contributed by atoms with E-state index in [-0.39, 0.29) is 23.5 Å². The Morgan fingerprint density at radius 2 is 2.04 bits per heavy atom. The molecule has 3 unspecified atom stereocenters. The van der Waals surface area contributed by atoms with E-state index in [2.05, 4.69) is 12.2 Å². The number of nitrogens with zero attached hydrogens (tertiary/aromatic N) is 1. The largest absolute Gasteiger partial charge is 0.340 e. The van der Waals surface area contributed by atoms with Crippen molar-refractivity contribution in [2.24, 2.45) is 5.92 Å². The number of para-hydroxylation sites is 1. The molecule has 0 bridgehead atoms. The van der Waals surface area contributed by atoms with E-state index in [1.807, 2.05) is 36.1 Å². The van der Waals surface area contributed by atoms with Gasteiger partial charge in [-0.2, -0.15) is 0 Å². The maximum atomic E-state index is 12.9. The van der Waals surface area contributed by atoms with Crippen LogP contribution in [0, 0.1) is 5.92 Å². The molecule has 1 aliphatic heterocycles. The minimum atomic E-state index is -0.333. The number of hydrogen-bond acceptors (Lipinski definition) is 3. The molecule has 3 rings (SSSR count). The Bertz CT molecular complexity index is 619. The minimum Gasteiger partial charge on any atom is -0.340 e. The molecule has 1 heterocycles. The Morgan fingerprint density at radius 1 is 1.29 bits per heavy atom. The Labute approximate surface area is 148 Å². The lowest BCUT2D eigenvalue weighted by atomic mass is 9.84. The highest BCUT2D eigenvalue weighted by atomic mass is 32.2. The molecule has 3 atom stereocenters. The number of nitrogens with one attached hydrogen (secondary N) is 1. The smallest absolute Gasteiger partial charge is 0.238 e. The van der Waals surface area contributed by atoms with E-state index in [4.69, 9.17) is 0 Å². The van der Waals surface area contributed by atoms with Crippen molar-refractivity contribution in [2.45, 2.75) is 62.1 Å². The first kappa shape index (κ1) is 17.3. The monoisotopic (exact) mass is 346 g/mol. The first-order valence-electron chi connectivity index (χ1n) is 8.96. The topological polar surface area (TPSA) is 49.4 Å². The highest BCUT2D eigenvalue weighted by Gasteiger charge is 2.34. The summed E-state index contributed by atoms with van der Waals surface area (Å²) in [6.07, 6.45) is 5.03. The van der Waals surface area contributed by atoms with Crippen LogP contribution >= 0.6 is 11.8 Å². The molecule has 0 spiro atoms. The van der Waals surface area contributed by atoms with E-state index in [0.717, 1.165) is 23.5 Å². The van der Waals surface area contributed by atoms with Crippen molar-refractivity contribution in [3.8, 4) is 0 Å². The fourth-order valence-electron chi connectivity index (χ4n) is 3.86. The van der Waals surface area contributed by atoms with Crippen LogP contribution in [0.5, 0.6) is 0 Å². The molecular weight excluding hydrogens is 320 g/mol. The van der Waals surface area contributed by atoms with Crippen LogP contribution in [-0.4, -0.2) is 34.6 Å². The molecule has 0 saturated heterocycles. The van der Waals surface area contributed by atoms with Gasteiger partial charge in [-0.25, -0.2) is 0 Å². The Morgan fingerprint density at radius 3 is 2.79 bits per heavy atom.